The van der Waals surface area contributed by atoms with Crippen molar-refractivity contribution in [1.82, 2.24) is 0 Å². The minimum atomic E-state index is -0.119. The molecule has 0 amide bonds. The summed E-state index contributed by atoms with van der Waals surface area (Å²) in [5, 5.41) is 0. The molecule has 0 spiro atoms. The molecule has 0 atom stereocenters. The minimum Gasteiger partial charge on any atom is -0.494 e. The van der Waals surface area contributed by atoms with E-state index in [9.17, 15) is 4.79 Å². The summed E-state index contributed by atoms with van der Waals surface area (Å²) in [7, 11) is 0. The fourth-order valence-electron chi connectivity index (χ4n) is 2.90. The molecule has 0 saturated carbocycles. The number of aryl methyl sites for hydroxylation is 1. The maximum Gasteiger partial charge on any atom is 0.189 e. The van der Waals surface area contributed by atoms with Crippen LogP contribution in [-0.4, -0.2) is 25.6 Å². The molecule has 0 aliphatic rings. The fraction of sp³-hybridized carbons (Fsp3) is 0.423. The number of carbonyl (C=O) groups is 1. The zero-order valence-electron chi connectivity index (χ0n) is 18.7. The molecule has 0 fully saturated rings. The van der Waals surface area contributed by atoms with Gasteiger partial charge in [0.1, 0.15) is 17.2 Å². The SMILES string of the molecule is CCCOc1ccc(OCCC)c(C(=O)C=Cc2cc(CC)ccc2OCCC)c1. The molecule has 0 unspecified atom stereocenters. The number of ether oxygens (including phenoxy) is 3. The molecule has 0 aliphatic carbocycles. The number of rotatable bonds is 13. The van der Waals surface area contributed by atoms with E-state index >= 15 is 0 Å². The van der Waals surface area contributed by atoms with Crippen molar-refractivity contribution in [2.45, 2.75) is 53.4 Å². The van der Waals surface area contributed by atoms with Gasteiger partial charge in [-0.3, -0.25) is 4.79 Å². The zero-order valence-corrected chi connectivity index (χ0v) is 18.7. The van der Waals surface area contributed by atoms with Crippen molar-refractivity contribution in [2.75, 3.05) is 19.8 Å². The first kappa shape index (κ1) is 23.5. The fourth-order valence-corrected chi connectivity index (χ4v) is 2.90. The predicted molar refractivity (Wildman–Crippen MR) is 123 cm³/mol. The van der Waals surface area contributed by atoms with E-state index in [1.165, 1.54) is 5.56 Å². The number of hydrogen-bond acceptors (Lipinski definition) is 4. The topological polar surface area (TPSA) is 44.8 Å². The van der Waals surface area contributed by atoms with Crippen molar-refractivity contribution in [3.8, 4) is 17.2 Å². The summed E-state index contributed by atoms with van der Waals surface area (Å²) >= 11 is 0. The van der Waals surface area contributed by atoms with E-state index in [0.717, 1.165) is 37.0 Å². The van der Waals surface area contributed by atoms with E-state index in [0.29, 0.717) is 36.9 Å². The van der Waals surface area contributed by atoms with Crippen molar-refractivity contribution in [1.29, 1.82) is 0 Å². The highest BCUT2D eigenvalue weighted by molar-refractivity contribution is 6.09. The van der Waals surface area contributed by atoms with Crippen LogP contribution in [-0.2, 0) is 6.42 Å². The number of ketones is 1. The Morgan fingerprint density at radius 1 is 0.800 bits per heavy atom. The molecule has 0 aromatic heterocycles. The van der Waals surface area contributed by atoms with Crippen molar-refractivity contribution in [3.63, 3.8) is 0 Å². The van der Waals surface area contributed by atoms with Gasteiger partial charge in [-0.2, -0.15) is 0 Å². The normalized spacial score (nSPS) is 10.9. The smallest absolute Gasteiger partial charge is 0.189 e. The second kappa shape index (κ2) is 12.7. The summed E-state index contributed by atoms with van der Waals surface area (Å²) < 4.78 is 17.4. The van der Waals surface area contributed by atoms with E-state index < -0.39 is 0 Å². The summed E-state index contributed by atoms with van der Waals surface area (Å²) in [6, 6.07) is 11.6. The molecule has 0 heterocycles. The standard InChI is InChI=1S/C26H34O4/c1-5-15-28-22-11-14-26(30-17-7-3)23(19-22)24(27)12-10-21-18-20(8-4)9-13-25(21)29-16-6-2/h9-14,18-19H,5-8,15-17H2,1-4H3. The Bertz CT molecular complexity index is 839. The lowest BCUT2D eigenvalue weighted by Gasteiger charge is -2.12. The Hall–Kier alpha value is -2.75. The minimum absolute atomic E-state index is 0.119. The van der Waals surface area contributed by atoms with Gasteiger partial charge in [0.05, 0.1) is 25.4 Å². The molecule has 0 N–H and O–H groups in total. The quantitative estimate of drug-likeness (QED) is 0.279. The van der Waals surface area contributed by atoms with Gasteiger partial charge in [-0.05, 0) is 73.7 Å². The summed E-state index contributed by atoms with van der Waals surface area (Å²) in [5.74, 6) is 1.93. The van der Waals surface area contributed by atoms with Crippen LogP contribution in [0, 0.1) is 0 Å². The highest BCUT2D eigenvalue weighted by Gasteiger charge is 2.13. The molecule has 162 valence electrons. The first-order valence-corrected chi connectivity index (χ1v) is 11.0. The molecular weight excluding hydrogens is 376 g/mol. The van der Waals surface area contributed by atoms with Crippen LogP contribution in [0.15, 0.2) is 42.5 Å². The van der Waals surface area contributed by atoms with Gasteiger partial charge in [0.15, 0.2) is 5.78 Å². The zero-order chi connectivity index (χ0) is 21.8. The third-order valence-corrected chi connectivity index (χ3v) is 4.51. The van der Waals surface area contributed by atoms with Crippen LogP contribution in [0.3, 0.4) is 0 Å². The molecule has 2 aromatic rings. The van der Waals surface area contributed by atoms with E-state index in [2.05, 4.69) is 32.9 Å². The van der Waals surface area contributed by atoms with Crippen LogP contribution in [0.25, 0.3) is 6.08 Å². The Morgan fingerprint density at radius 2 is 1.43 bits per heavy atom. The van der Waals surface area contributed by atoms with Gasteiger partial charge in [0.25, 0.3) is 0 Å². The van der Waals surface area contributed by atoms with Crippen molar-refractivity contribution in [3.05, 3.63) is 59.2 Å². The van der Waals surface area contributed by atoms with Crippen molar-refractivity contribution in [2.24, 2.45) is 0 Å². The lowest BCUT2D eigenvalue weighted by atomic mass is 10.0. The van der Waals surface area contributed by atoms with Crippen molar-refractivity contribution < 1.29 is 19.0 Å². The van der Waals surface area contributed by atoms with Crippen LogP contribution in [0.1, 0.15) is 68.4 Å². The number of carbonyl (C=O) groups excluding carboxylic acids is 1. The maximum absolute atomic E-state index is 13.0. The van der Waals surface area contributed by atoms with Gasteiger partial charge in [-0.25, -0.2) is 0 Å². The first-order valence-electron chi connectivity index (χ1n) is 11.0. The highest BCUT2D eigenvalue weighted by atomic mass is 16.5. The van der Waals surface area contributed by atoms with Crippen LogP contribution in [0.4, 0.5) is 0 Å². The van der Waals surface area contributed by atoms with Gasteiger partial charge in [0.2, 0.25) is 0 Å². The third kappa shape index (κ3) is 6.94. The average molecular weight is 411 g/mol. The summed E-state index contributed by atoms with van der Waals surface area (Å²) in [4.78, 5) is 13.0. The monoisotopic (exact) mass is 410 g/mol. The second-order valence-corrected chi connectivity index (χ2v) is 7.13. The molecule has 2 rings (SSSR count). The van der Waals surface area contributed by atoms with Gasteiger partial charge in [-0.1, -0.05) is 33.8 Å². The molecule has 2 aromatic carbocycles. The molecule has 4 heteroatoms. The van der Waals surface area contributed by atoms with Crippen LogP contribution >= 0.6 is 0 Å². The van der Waals surface area contributed by atoms with Gasteiger partial charge < -0.3 is 14.2 Å². The largest absolute Gasteiger partial charge is 0.494 e. The van der Waals surface area contributed by atoms with E-state index in [-0.39, 0.29) is 5.78 Å². The molecule has 0 radical (unpaired) electrons. The lowest BCUT2D eigenvalue weighted by molar-refractivity contribution is 0.104. The molecular formula is C26H34O4. The van der Waals surface area contributed by atoms with E-state index in [4.69, 9.17) is 14.2 Å². The highest BCUT2D eigenvalue weighted by Crippen LogP contribution is 2.27. The van der Waals surface area contributed by atoms with Gasteiger partial charge in [-0.15, -0.1) is 0 Å². The molecule has 0 saturated heterocycles. The average Bonchev–Trinajstić information content (AvgIpc) is 2.78. The van der Waals surface area contributed by atoms with Crippen molar-refractivity contribution >= 4 is 11.9 Å². The lowest BCUT2D eigenvalue weighted by Crippen LogP contribution is -2.04. The number of hydrogen-bond donors (Lipinski definition) is 0. The summed E-state index contributed by atoms with van der Waals surface area (Å²) in [5.41, 5.74) is 2.62. The Balaban J connectivity index is 2.31. The van der Waals surface area contributed by atoms with Crippen LogP contribution in [0.2, 0.25) is 0 Å². The number of benzene rings is 2. The predicted octanol–water partition coefficient (Wildman–Crippen LogP) is 6.51. The van der Waals surface area contributed by atoms with Crippen LogP contribution < -0.4 is 14.2 Å². The molecule has 0 bridgehead atoms. The van der Waals surface area contributed by atoms with Crippen LogP contribution in [0.5, 0.6) is 17.2 Å². The number of allylic oxidation sites excluding steroid dienone is 1. The van der Waals surface area contributed by atoms with E-state index in [1.807, 2.05) is 31.2 Å². The molecule has 0 aliphatic heterocycles. The maximum atomic E-state index is 13.0. The third-order valence-electron chi connectivity index (χ3n) is 4.51. The Kier molecular flexibility index (Phi) is 9.99. The summed E-state index contributed by atoms with van der Waals surface area (Å²) in [6.45, 7) is 10.1. The first-order chi connectivity index (χ1) is 14.6. The molecule has 4 nitrogen and oxygen atoms in total. The summed E-state index contributed by atoms with van der Waals surface area (Å²) in [6.07, 6.45) is 7.06. The van der Waals surface area contributed by atoms with E-state index in [1.54, 1.807) is 12.1 Å². The van der Waals surface area contributed by atoms with Gasteiger partial charge >= 0.3 is 0 Å². The second-order valence-electron chi connectivity index (χ2n) is 7.13. The molecule has 30 heavy (non-hydrogen) atoms. The Labute approximate surface area is 180 Å². The Morgan fingerprint density at radius 3 is 2.10 bits per heavy atom. The van der Waals surface area contributed by atoms with Gasteiger partial charge in [0, 0.05) is 5.56 Å².